The van der Waals surface area contributed by atoms with Crippen LogP contribution in [-0.4, -0.2) is 43.7 Å². The van der Waals surface area contributed by atoms with Crippen LogP contribution in [0.15, 0.2) is 32.9 Å². The van der Waals surface area contributed by atoms with Gasteiger partial charge in [-0.2, -0.15) is 0 Å². The van der Waals surface area contributed by atoms with E-state index in [0.29, 0.717) is 9.47 Å². The number of carbonyl (C=O) groups is 2. The normalized spacial score (nSPS) is 10.6. The van der Waals surface area contributed by atoms with Crippen LogP contribution in [0.5, 0.6) is 0 Å². The Kier molecular flexibility index (Phi) is 7.30. The molecule has 0 saturated heterocycles. The first-order valence-electron chi connectivity index (χ1n) is 7.83. The molecule has 0 spiro atoms. The summed E-state index contributed by atoms with van der Waals surface area (Å²) in [6.07, 6.45) is 0. The Labute approximate surface area is 175 Å². The third-order valence-electron chi connectivity index (χ3n) is 2.96. The van der Waals surface area contributed by atoms with Gasteiger partial charge in [-0.15, -0.1) is 20.4 Å². The van der Waals surface area contributed by atoms with Crippen molar-refractivity contribution in [3.63, 3.8) is 0 Å². The molecule has 0 unspecified atom stereocenters. The van der Waals surface area contributed by atoms with Crippen LogP contribution in [0.4, 0.5) is 14.7 Å². The second-order valence-corrected chi connectivity index (χ2v) is 9.67. The minimum atomic E-state index is -0.497. The van der Waals surface area contributed by atoms with Gasteiger partial charge in [-0.05, 0) is 24.0 Å². The van der Waals surface area contributed by atoms with Crippen molar-refractivity contribution in [3.05, 3.63) is 35.6 Å². The van der Waals surface area contributed by atoms with Crippen molar-refractivity contribution < 1.29 is 14.0 Å². The topological polar surface area (TPSA) is 110 Å². The SMILES string of the molecule is CCSc1nnc(NC(=O)CSc2nnc(NC(=O)c3cccc(F)c3)s2)s1. The van der Waals surface area contributed by atoms with Gasteiger partial charge in [0.25, 0.3) is 5.91 Å². The van der Waals surface area contributed by atoms with Crippen LogP contribution in [0.3, 0.4) is 0 Å². The predicted octanol–water partition coefficient (Wildman–Crippen LogP) is 3.62. The standard InChI is InChI=1S/C15H13FN6O2S4/c1-2-25-14-21-19-12(27-14)17-10(23)7-26-15-22-20-13(28-15)18-11(24)8-4-3-5-9(16)6-8/h3-6H,2,7H2,1H3,(H,17,19,23)(H,18,20,24). The number of thioether (sulfide) groups is 2. The number of hydrogen-bond donors (Lipinski definition) is 2. The fourth-order valence-electron chi connectivity index (χ4n) is 1.84. The van der Waals surface area contributed by atoms with Gasteiger partial charge in [-0.3, -0.25) is 20.2 Å². The first-order chi connectivity index (χ1) is 13.5. The van der Waals surface area contributed by atoms with Crippen LogP contribution in [0.1, 0.15) is 17.3 Å². The fraction of sp³-hybridized carbons (Fsp3) is 0.200. The van der Waals surface area contributed by atoms with Gasteiger partial charge in [-0.25, -0.2) is 4.39 Å². The smallest absolute Gasteiger partial charge is 0.257 e. The van der Waals surface area contributed by atoms with E-state index in [-0.39, 0.29) is 22.4 Å². The van der Waals surface area contributed by atoms with Crippen LogP contribution >= 0.6 is 46.2 Å². The summed E-state index contributed by atoms with van der Waals surface area (Å²) >= 11 is 5.18. The molecule has 13 heteroatoms. The molecule has 2 amide bonds. The molecule has 8 nitrogen and oxygen atoms in total. The number of benzene rings is 1. The van der Waals surface area contributed by atoms with Crippen molar-refractivity contribution in [2.24, 2.45) is 0 Å². The van der Waals surface area contributed by atoms with Gasteiger partial charge in [0.15, 0.2) is 8.68 Å². The highest BCUT2D eigenvalue weighted by Gasteiger charge is 2.13. The number of amides is 2. The van der Waals surface area contributed by atoms with Crippen molar-refractivity contribution in [2.45, 2.75) is 15.6 Å². The van der Waals surface area contributed by atoms with E-state index in [9.17, 15) is 14.0 Å². The Morgan fingerprint density at radius 2 is 1.71 bits per heavy atom. The molecule has 0 radical (unpaired) electrons. The lowest BCUT2D eigenvalue weighted by molar-refractivity contribution is -0.113. The summed E-state index contributed by atoms with van der Waals surface area (Å²) in [5.41, 5.74) is 0.182. The largest absolute Gasteiger partial charge is 0.300 e. The number of hydrogen-bond acceptors (Lipinski definition) is 10. The van der Waals surface area contributed by atoms with Crippen molar-refractivity contribution >= 4 is 68.3 Å². The molecular weight excluding hydrogens is 443 g/mol. The first-order valence-corrected chi connectivity index (χ1v) is 11.4. The number of rotatable bonds is 8. The number of halogens is 1. The van der Waals surface area contributed by atoms with E-state index in [0.717, 1.165) is 27.5 Å². The molecule has 2 aromatic heterocycles. The van der Waals surface area contributed by atoms with E-state index in [4.69, 9.17) is 0 Å². The predicted molar refractivity (Wildman–Crippen MR) is 110 cm³/mol. The van der Waals surface area contributed by atoms with Gasteiger partial charge in [0.1, 0.15) is 5.82 Å². The lowest BCUT2D eigenvalue weighted by atomic mass is 10.2. The maximum absolute atomic E-state index is 13.2. The van der Waals surface area contributed by atoms with Crippen LogP contribution in [0.25, 0.3) is 0 Å². The zero-order valence-corrected chi connectivity index (χ0v) is 17.6. The monoisotopic (exact) mass is 456 g/mol. The second-order valence-electron chi connectivity index (χ2n) is 4.98. The molecule has 3 aromatic rings. The summed E-state index contributed by atoms with van der Waals surface area (Å²) in [6, 6.07) is 5.34. The van der Waals surface area contributed by atoms with Crippen molar-refractivity contribution in [2.75, 3.05) is 22.1 Å². The zero-order chi connectivity index (χ0) is 19.9. The summed E-state index contributed by atoms with van der Waals surface area (Å²) in [5, 5.41) is 21.6. The highest BCUT2D eigenvalue weighted by atomic mass is 32.2. The quantitative estimate of drug-likeness (QED) is 0.391. The first kappa shape index (κ1) is 20.6. The van der Waals surface area contributed by atoms with Crippen LogP contribution in [-0.2, 0) is 4.79 Å². The molecule has 0 aliphatic carbocycles. The average molecular weight is 457 g/mol. The highest BCUT2D eigenvalue weighted by molar-refractivity contribution is 8.01. The van der Waals surface area contributed by atoms with E-state index in [2.05, 4.69) is 31.0 Å². The Morgan fingerprint density at radius 3 is 2.39 bits per heavy atom. The van der Waals surface area contributed by atoms with Crippen molar-refractivity contribution in [3.8, 4) is 0 Å². The highest BCUT2D eigenvalue weighted by Crippen LogP contribution is 2.27. The number of aromatic nitrogens is 4. The third kappa shape index (κ3) is 5.95. The summed E-state index contributed by atoms with van der Waals surface area (Å²) < 4.78 is 14.5. The maximum atomic E-state index is 13.2. The van der Waals surface area contributed by atoms with Crippen LogP contribution in [0.2, 0.25) is 0 Å². The summed E-state index contributed by atoms with van der Waals surface area (Å²) in [5.74, 6) is -0.227. The van der Waals surface area contributed by atoms with Crippen molar-refractivity contribution in [1.82, 2.24) is 20.4 Å². The molecule has 1 aromatic carbocycles. The van der Waals surface area contributed by atoms with Crippen molar-refractivity contribution in [1.29, 1.82) is 0 Å². The summed E-state index contributed by atoms with van der Waals surface area (Å²) in [6.45, 7) is 2.01. The Hall–Kier alpha value is -2.09. The van der Waals surface area contributed by atoms with E-state index in [1.54, 1.807) is 11.8 Å². The van der Waals surface area contributed by atoms with Crippen LogP contribution < -0.4 is 10.6 Å². The lowest BCUT2D eigenvalue weighted by Crippen LogP contribution is -2.13. The molecule has 3 rings (SSSR count). The van der Waals surface area contributed by atoms with E-state index in [1.807, 2.05) is 6.92 Å². The molecule has 0 aliphatic rings. The van der Waals surface area contributed by atoms with Gasteiger partial charge < -0.3 is 0 Å². The Morgan fingerprint density at radius 1 is 1.04 bits per heavy atom. The molecule has 2 N–H and O–H groups in total. The molecule has 2 heterocycles. The Balaban J connectivity index is 1.48. The molecule has 0 bridgehead atoms. The van der Waals surface area contributed by atoms with E-state index in [1.165, 1.54) is 41.3 Å². The van der Waals surface area contributed by atoms with Gasteiger partial charge >= 0.3 is 0 Å². The van der Waals surface area contributed by atoms with Gasteiger partial charge in [-0.1, -0.05) is 59.2 Å². The molecule has 0 aliphatic heterocycles. The minimum absolute atomic E-state index is 0.113. The maximum Gasteiger partial charge on any atom is 0.257 e. The van der Waals surface area contributed by atoms with Crippen LogP contribution in [0, 0.1) is 5.82 Å². The number of nitrogens with one attached hydrogen (secondary N) is 2. The second kappa shape index (κ2) is 9.91. The summed E-state index contributed by atoms with van der Waals surface area (Å²) in [4.78, 5) is 24.1. The van der Waals surface area contributed by atoms with E-state index < -0.39 is 11.7 Å². The third-order valence-corrected chi connectivity index (χ3v) is 6.79. The van der Waals surface area contributed by atoms with Gasteiger partial charge in [0.05, 0.1) is 5.75 Å². The summed E-state index contributed by atoms with van der Waals surface area (Å²) in [7, 11) is 0. The zero-order valence-electron chi connectivity index (χ0n) is 14.3. The average Bonchev–Trinajstić information content (AvgIpc) is 3.30. The number of carbonyl (C=O) groups excluding carboxylic acids is 2. The van der Waals surface area contributed by atoms with Gasteiger partial charge in [0, 0.05) is 5.56 Å². The molecule has 0 atom stereocenters. The lowest BCUT2D eigenvalue weighted by Gasteiger charge is -2.00. The molecular formula is C15H13FN6O2S4. The minimum Gasteiger partial charge on any atom is -0.300 e. The Bertz CT molecular complexity index is 979. The molecule has 0 saturated carbocycles. The van der Waals surface area contributed by atoms with E-state index >= 15 is 0 Å². The number of anilines is 2. The molecule has 146 valence electrons. The van der Waals surface area contributed by atoms with Gasteiger partial charge in [0.2, 0.25) is 16.2 Å². The fourth-order valence-corrected chi connectivity index (χ4v) is 5.05. The number of nitrogens with zero attached hydrogens (tertiary/aromatic N) is 4. The molecule has 0 fully saturated rings. The molecule has 28 heavy (non-hydrogen) atoms.